The van der Waals surface area contributed by atoms with Gasteiger partial charge in [0.2, 0.25) is 12.0 Å². The van der Waals surface area contributed by atoms with Crippen LogP contribution in [0.15, 0.2) is 59.5 Å². The van der Waals surface area contributed by atoms with E-state index in [1.54, 1.807) is 24.3 Å². The first-order valence-corrected chi connectivity index (χ1v) is 5.67. The second-order valence-electron chi connectivity index (χ2n) is 4.54. The molecule has 0 fully saturated rings. The highest BCUT2D eigenvalue weighted by Crippen LogP contribution is 2.46. The number of carbonyl (C=O) groups is 1. The largest absolute Gasteiger partial charge is 0.291 e. The van der Waals surface area contributed by atoms with Gasteiger partial charge in [-0.15, -0.1) is 0 Å². The first kappa shape index (κ1) is 11.5. The van der Waals surface area contributed by atoms with E-state index in [-0.39, 0.29) is 18.0 Å². The van der Waals surface area contributed by atoms with Crippen molar-refractivity contribution in [3.8, 4) is 0 Å². The van der Waals surface area contributed by atoms with Crippen LogP contribution < -0.4 is 0 Å². The third-order valence-electron chi connectivity index (χ3n) is 3.48. The molecule has 1 atom stereocenters. The van der Waals surface area contributed by atoms with Gasteiger partial charge in [0, 0.05) is 27.4 Å². The van der Waals surface area contributed by atoms with E-state index in [1.165, 1.54) is 18.4 Å². The van der Waals surface area contributed by atoms with Gasteiger partial charge in [0.15, 0.2) is 0 Å². The van der Waals surface area contributed by atoms with Crippen molar-refractivity contribution in [3.63, 3.8) is 0 Å². The fraction of sp³-hybridized carbons (Fsp3) is 0.154. The molecule has 0 aromatic heterocycles. The first-order valence-electron chi connectivity index (χ1n) is 5.67. The van der Waals surface area contributed by atoms with Gasteiger partial charge in [0.05, 0.1) is 4.92 Å². The van der Waals surface area contributed by atoms with Crippen molar-refractivity contribution in [1.29, 1.82) is 0 Å². The Balaban J connectivity index is 2.28. The van der Waals surface area contributed by atoms with E-state index in [4.69, 9.17) is 0 Å². The number of carbonyl (C=O) groups excluding carboxylic acids is 1. The van der Waals surface area contributed by atoms with Crippen molar-refractivity contribution >= 4 is 5.78 Å². The Kier molecular flexibility index (Phi) is 2.22. The molecule has 0 aromatic rings. The number of rotatable bonds is 1. The topological polar surface area (TPSA) is 80.3 Å². The lowest BCUT2D eigenvalue weighted by atomic mass is 9.65. The Morgan fingerprint density at radius 3 is 2.79 bits per heavy atom. The number of hydrogen-bond donors (Lipinski definition) is 0. The van der Waals surface area contributed by atoms with Crippen molar-refractivity contribution in [2.45, 2.75) is 0 Å². The molecule has 3 aliphatic rings. The lowest BCUT2D eigenvalue weighted by Crippen LogP contribution is -2.42. The summed E-state index contributed by atoms with van der Waals surface area (Å²) >= 11 is 0. The fourth-order valence-corrected chi connectivity index (χ4v) is 2.61. The molecular formula is C13H9N2O4+. The van der Waals surface area contributed by atoms with Gasteiger partial charge in [-0.25, -0.2) is 0 Å². The predicted octanol–water partition coefficient (Wildman–Crippen LogP) is 1.44. The summed E-state index contributed by atoms with van der Waals surface area (Å²) in [6.45, 7) is -0.249. The molecule has 0 amide bonds. The average Bonchev–Trinajstić information content (AvgIpc) is 2.37. The second kappa shape index (κ2) is 3.68. The molecule has 94 valence electrons. The maximum absolute atomic E-state index is 12.3. The molecule has 0 radical (unpaired) electrons. The van der Waals surface area contributed by atoms with Crippen LogP contribution >= 0.6 is 0 Å². The predicted molar refractivity (Wildman–Crippen MR) is 65.5 cm³/mol. The number of nitroso groups, excluding NO2 is 1. The summed E-state index contributed by atoms with van der Waals surface area (Å²) in [5.74, 6) is -0.273. The van der Waals surface area contributed by atoms with Gasteiger partial charge in [-0.05, 0) is 5.57 Å². The van der Waals surface area contributed by atoms with Crippen LogP contribution in [-0.2, 0) is 4.79 Å². The molecule has 0 bridgehead atoms. The number of allylic oxidation sites excluding steroid dienone is 8. The Hall–Kier alpha value is -2.63. The fourth-order valence-electron chi connectivity index (χ4n) is 2.61. The number of ketones is 1. The van der Waals surface area contributed by atoms with Crippen LogP contribution in [0.25, 0.3) is 0 Å². The van der Waals surface area contributed by atoms with Crippen LogP contribution in [0.3, 0.4) is 0 Å². The molecular weight excluding hydrogens is 248 g/mol. The molecule has 1 aliphatic heterocycles. The minimum absolute atomic E-state index is 0.125. The lowest BCUT2D eigenvalue weighted by Gasteiger charge is -2.34. The van der Waals surface area contributed by atoms with E-state index in [0.717, 1.165) is 0 Å². The zero-order valence-electron chi connectivity index (χ0n) is 9.78. The molecule has 2 aliphatic carbocycles. The van der Waals surface area contributed by atoms with Gasteiger partial charge < -0.3 is 0 Å². The standard InChI is InChI=1S/C13H9N2O4/c16-12-8-14(17)7-10-6-11(15(18)19)5-9-3-1-2-4-13(9,10)12/h1-7H,8H2/q+1. The van der Waals surface area contributed by atoms with Gasteiger partial charge in [0.1, 0.15) is 5.41 Å². The molecule has 0 saturated carbocycles. The van der Waals surface area contributed by atoms with Crippen LogP contribution in [0, 0.1) is 20.4 Å². The monoisotopic (exact) mass is 257 g/mol. The van der Waals surface area contributed by atoms with Crippen molar-refractivity contribution in [1.82, 2.24) is 0 Å². The van der Waals surface area contributed by atoms with Crippen molar-refractivity contribution < 1.29 is 14.5 Å². The van der Waals surface area contributed by atoms with E-state index in [2.05, 4.69) is 0 Å². The van der Waals surface area contributed by atoms with Crippen LogP contribution in [0.2, 0.25) is 0 Å². The zero-order chi connectivity index (χ0) is 13.6. The van der Waals surface area contributed by atoms with Gasteiger partial charge in [-0.1, -0.05) is 24.3 Å². The normalized spacial score (nSPS) is 28.1. The molecule has 0 aromatic carbocycles. The Labute approximate surface area is 107 Å². The van der Waals surface area contributed by atoms with Gasteiger partial charge >= 0.3 is 0 Å². The molecule has 3 rings (SSSR count). The minimum atomic E-state index is -1.03. The number of nitro groups is 1. The maximum Gasteiger partial charge on any atom is 0.270 e. The third kappa shape index (κ3) is 1.46. The summed E-state index contributed by atoms with van der Waals surface area (Å²) < 4.78 is 0.506. The molecule has 0 saturated heterocycles. The van der Waals surface area contributed by atoms with Crippen LogP contribution in [0.1, 0.15) is 0 Å². The zero-order valence-corrected chi connectivity index (χ0v) is 9.78. The van der Waals surface area contributed by atoms with Crippen molar-refractivity contribution in [3.05, 3.63) is 74.5 Å². The highest BCUT2D eigenvalue weighted by Gasteiger charge is 2.51. The number of Topliss-reactive ketones (excluding diaryl/α,β-unsaturated/α-hetero) is 1. The summed E-state index contributed by atoms with van der Waals surface area (Å²) in [7, 11) is 0. The second-order valence-corrected chi connectivity index (χ2v) is 4.54. The number of hydrogen-bond acceptors (Lipinski definition) is 4. The summed E-state index contributed by atoms with van der Waals surface area (Å²) in [5, 5.41) is 10.9. The molecule has 1 spiro atoms. The Morgan fingerprint density at radius 1 is 1.26 bits per heavy atom. The average molecular weight is 257 g/mol. The van der Waals surface area contributed by atoms with Crippen LogP contribution in [0.4, 0.5) is 0 Å². The SMILES string of the molecule is O=C1C[N+](=O)C=C2C=C([N+](=O)[O-])C=C3C=CC=CC132. The summed E-state index contributed by atoms with van der Waals surface area (Å²) in [6, 6.07) is 0. The van der Waals surface area contributed by atoms with Crippen molar-refractivity contribution in [2.75, 3.05) is 6.54 Å². The van der Waals surface area contributed by atoms with E-state index < -0.39 is 10.3 Å². The molecule has 6 nitrogen and oxygen atoms in total. The lowest BCUT2D eigenvalue weighted by molar-refractivity contribution is -0.471. The van der Waals surface area contributed by atoms with Gasteiger partial charge in [-0.2, -0.15) is 0 Å². The van der Waals surface area contributed by atoms with Crippen LogP contribution in [0.5, 0.6) is 0 Å². The Bertz CT molecular complexity index is 679. The molecule has 0 N–H and O–H groups in total. The molecule has 6 heteroatoms. The quantitative estimate of drug-likeness (QED) is 0.404. The Morgan fingerprint density at radius 2 is 2.05 bits per heavy atom. The van der Waals surface area contributed by atoms with Crippen molar-refractivity contribution in [2.24, 2.45) is 5.41 Å². The summed E-state index contributed by atoms with van der Waals surface area (Å²) in [6.07, 6.45) is 10.7. The van der Waals surface area contributed by atoms with E-state index in [0.29, 0.717) is 15.9 Å². The highest BCUT2D eigenvalue weighted by atomic mass is 16.6. The summed E-state index contributed by atoms with van der Waals surface area (Å²) in [5.41, 5.74) is -0.271. The summed E-state index contributed by atoms with van der Waals surface area (Å²) in [4.78, 5) is 34.1. The number of nitrogens with zero attached hydrogens (tertiary/aromatic N) is 2. The molecule has 19 heavy (non-hydrogen) atoms. The van der Waals surface area contributed by atoms with Crippen LogP contribution in [-0.4, -0.2) is 22.0 Å². The third-order valence-corrected chi connectivity index (χ3v) is 3.48. The first-order chi connectivity index (χ1) is 9.04. The molecule has 1 unspecified atom stereocenters. The van der Waals surface area contributed by atoms with E-state index in [1.807, 2.05) is 0 Å². The van der Waals surface area contributed by atoms with Gasteiger partial charge in [-0.3, -0.25) is 14.9 Å². The minimum Gasteiger partial charge on any atom is -0.291 e. The van der Waals surface area contributed by atoms with E-state index >= 15 is 0 Å². The van der Waals surface area contributed by atoms with Gasteiger partial charge in [0.25, 0.3) is 12.2 Å². The highest BCUT2D eigenvalue weighted by molar-refractivity contribution is 5.97. The smallest absolute Gasteiger partial charge is 0.270 e. The molecule has 1 heterocycles. The maximum atomic E-state index is 12.3. The van der Waals surface area contributed by atoms with E-state index in [9.17, 15) is 19.8 Å².